The third-order valence-electron chi connectivity index (χ3n) is 4.15. The van der Waals surface area contributed by atoms with Gasteiger partial charge in [-0.2, -0.15) is 0 Å². The van der Waals surface area contributed by atoms with Gasteiger partial charge in [-0.3, -0.25) is 0 Å². The summed E-state index contributed by atoms with van der Waals surface area (Å²) in [5.41, 5.74) is 6.07. The van der Waals surface area contributed by atoms with Gasteiger partial charge in [-0.1, -0.05) is 29.3 Å². The second-order valence-electron chi connectivity index (χ2n) is 5.87. The van der Waals surface area contributed by atoms with E-state index >= 15 is 0 Å². The third-order valence-corrected chi connectivity index (χ3v) is 4.86. The Bertz CT molecular complexity index is 752. The van der Waals surface area contributed by atoms with Crippen molar-refractivity contribution in [1.29, 1.82) is 0 Å². The number of nitrogens with two attached hydrogens (primary N) is 1. The highest BCUT2D eigenvalue weighted by Crippen LogP contribution is 2.25. The van der Waals surface area contributed by atoms with E-state index in [1.807, 2.05) is 4.90 Å². The molecule has 2 aromatic rings. The third kappa shape index (κ3) is 4.47. The zero-order valence-electron chi connectivity index (χ0n) is 14.1. The van der Waals surface area contributed by atoms with E-state index in [2.05, 4.69) is 9.97 Å². The van der Waals surface area contributed by atoms with E-state index in [1.165, 1.54) is 0 Å². The molecule has 2 amide bonds. The molecular weight excluding hydrogens is 377 g/mol. The average molecular weight is 396 g/mol. The first-order valence-electron chi connectivity index (χ1n) is 8.21. The Balaban J connectivity index is 1.61. The average Bonchev–Trinajstić information content (AvgIpc) is 2.88. The molecule has 3 rings (SSSR count). The van der Waals surface area contributed by atoms with Crippen LogP contribution in [-0.2, 0) is 6.61 Å². The number of hydrogen-bond acceptors (Lipinski definition) is 5. The Morgan fingerprint density at radius 2 is 1.81 bits per heavy atom. The Kier molecular flexibility index (Phi) is 6.00. The number of aromatic nitrogens is 2. The van der Waals surface area contributed by atoms with Crippen LogP contribution in [0.15, 0.2) is 30.6 Å². The van der Waals surface area contributed by atoms with Crippen LogP contribution in [0.25, 0.3) is 0 Å². The van der Waals surface area contributed by atoms with E-state index in [0.717, 1.165) is 18.5 Å². The molecule has 2 heterocycles. The quantitative estimate of drug-likeness (QED) is 0.859. The number of halogens is 2. The summed E-state index contributed by atoms with van der Waals surface area (Å²) in [6.45, 7) is 2.84. The molecule has 9 heteroatoms. The fraction of sp³-hybridized carbons (Fsp3) is 0.353. The number of ether oxygens (including phenoxy) is 1. The van der Waals surface area contributed by atoms with Crippen LogP contribution in [0.2, 0.25) is 10.0 Å². The van der Waals surface area contributed by atoms with Gasteiger partial charge in [0.2, 0.25) is 5.95 Å². The molecule has 1 fully saturated rings. The lowest BCUT2D eigenvalue weighted by Gasteiger charge is -2.21. The molecule has 0 radical (unpaired) electrons. The highest BCUT2D eigenvalue weighted by atomic mass is 35.5. The number of anilines is 1. The van der Waals surface area contributed by atoms with Gasteiger partial charge < -0.3 is 20.3 Å². The van der Waals surface area contributed by atoms with Crippen LogP contribution in [0.1, 0.15) is 12.0 Å². The van der Waals surface area contributed by atoms with E-state index in [4.69, 9.17) is 33.7 Å². The summed E-state index contributed by atoms with van der Waals surface area (Å²) in [6.07, 6.45) is 4.04. The number of primary amides is 1. The number of benzene rings is 1. The predicted octanol–water partition coefficient (Wildman–Crippen LogP) is 2.95. The second-order valence-corrected chi connectivity index (χ2v) is 6.69. The monoisotopic (exact) mass is 395 g/mol. The molecule has 1 aromatic heterocycles. The topological polar surface area (TPSA) is 84.6 Å². The molecule has 0 unspecified atom stereocenters. The first-order chi connectivity index (χ1) is 12.5. The van der Waals surface area contributed by atoms with E-state index in [1.54, 1.807) is 35.5 Å². The Morgan fingerprint density at radius 3 is 2.46 bits per heavy atom. The molecule has 0 saturated carbocycles. The summed E-state index contributed by atoms with van der Waals surface area (Å²) in [7, 11) is 0. The molecule has 0 bridgehead atoms. The van der Waals surface area contributed by atoms with Crippen molar-refractivity contribution < 1.29 is 9.53 Å². The minimum Gasteiger partial charge on any atom is -0.486 e. The summed E-state index contributed by atoms with van der Waals surface area (Å²) >= 11 is 12.3. The normalized spacial score (nSPS) is 14.8. The van der Waals surface area contributed by atoms with Crippen LogP contribution < -0.4 is 15.4 Å². The van der Waals surface area contributed by atoms with Gasteiger partial charge in [-0.05, 0) is 18.6 Å². The van der Waals surface area contributed by atoms with Crippen LogP contribution in [0.3, 0.4) is 0 Å². The lowest BCUT2D eigenvalue weighted by Crippen LogP contribution is -2.38. The fourth-order valence-corrected chi connectivity index (χ4v) is 3.22. The number of carbonyl (C=O) groups excluding carboxylic acids is 1. The maximum absolute atomic E-state index is 11.3. The molecule has 26 heavy (non-hydrogen) atoms. The zero-order chi connectivity index (χ0) is 18.5. The molecule has 0 spiro atoms. The van der Waals surface area contributed by atoms with Gasteiger partial charge in [0.15, 0.2) is 5.75 Å². The number of carbonyl (C=O) groups is 1. The molecule has 0 aliphatic carbocycles. The summed E-state index contributed by atoms with van der Waals surface area (Å²) < 4.78 is 5.69. The number of urea groups is 1. The van der Waals surface area contributed by atoms with Crippen molar-refractivity contribution in [1.82, 2.24) is 14.9 Å². The largest absolute Gasteiger partial charge is 0.486 e. The lowest BCUT2D eigenvalue weighted by atomic mass is 10.2. The van der Waals surface area contributed by atoms with Gasteiger partial charge >= 0.3 is 6.03 Å². The first-order valence-corrected chi connectivity index (χ1v) is 8.97. The van der Waals surface area contributed by atoms with Gasteiger partial charge in [-0.25, -0.2) is 14.8 Å². The van der Waals surface area contributed by atoms with Crippen molar-refractivity contribution in [3.63, 3.8) is 0 Å². The van der Waals surface area contributed by atoms with Gasteiger partial charge in [0.1, 0.15) is 6.61 Å². The SMILES string of the molecule is NC(=O)N1CCCN(c2ncc(OCc3c(Cl)cccc3Cl)cn2)CC1. The molecule has 1 aromatic carbocycles. The van der Waals surface area contributed by atoms with E-state index < -0.39 is 6.03 Å². The molecule has 2 N–H and O–H groups in total. The molecule has 7 nitrogen and oxygen atoms in total. The minimum absolute atomic E-state index is 0.235. The summed E-state index contributed by atoms with van der Waals surface area (Å²) in [6, 6.07) is 4.92. The van der Waals surface area contributed by atoms with Crippen molar-refractivity contribution in [3.05, 3.63) is 46.2 Å². The lowest BCUT2D eigenvalue weighted by molar-refractivity contribution is 0.211. The van der Waals surface area contributed by atoms with Crippen molar-refractivity contribution in [3.8, 4) is 5.75 Å². The predicted molar refractivity (Wildman–Crippen MR) is 101 cm³/mol. The summed E-state index contributed by atoms with van der Waals surface area (Å²) in [5.74, 6) is 1.12. The molecule has 138 valence electrons. The molecule has 1 saturated heterocycles. The Morgan fingerprint density at radius 1 is 1.12 bits per heavy atom. The van der Waals surface area contributed by atoms with Gasteiger partial charge in [0, 0.05) is 41.8 Å². The van der Waals surface area contributed by atoms with Gasteiger partial charge in [0.05, 0.1) is 12.4 Å². The maximum Gasteiger partial charge on any atom is 0.314 e. The number of amides is 2. The smallest absolute Gasteiger partial charge is 0.314 e. The first kappa shape index (κ1) is 18.5. The van der Waals surface area contributed by atoms with Crippen molar-refractivity contribution >= 4 is 35.2 Å². The maximum atomic E-state index is 11.3. The zero-order valence-corrected chi connectivity index (χ0v) is 15.6. The van der Waals surface area contributed by atoms with Crippen LogP contribution in [0.4, 0.5) is 10.7 Å². The fourth-order valence-electron chi connectivity index (χ4n) is 2.71. The van der Waals surface area contributed by atoms with Crippen LogP contribution >= 0.6 is 23.2 Å². The van der Waals surface area contributed by atoms with Crippen molar-refractivity contribution in [2.75, 3.05) is 31.1 Å². The Hall–Kier alpha value is -2.25. The number of hydrogen-bond donors (Lipinski definition) is 1. The minimum atomic E-state index is -0.394. The van der Waals surface area contributed by atoms with Crippen LogP contribution in [0.5, 0.6) is 5.75 Å². The summed E-state index contributed by atoms with van der Waals surface area (Å²) in [4.78, 5) is 23.7. The highest BCUT2D eigenvalue weighted by Gasteiger charge is 2.18. The standard InChI is InChI=1S/C17H19Cl2N5O2/c18-14-3-1-4-15(19)13(14)11-26-12-9-21-17(22-10-12)24-6-2-5-23(7-8-24)16(20)25/h1,3-4,9-10H,2,5-8,11H2,(H2,20,25). The van der Waals surface area contributed by atoms with Gasteiger partial charge in [-0.15, -0.1) is 0 Å². The molecule has 0 atom stereocenters. The van der Waals surface area contributed by atoms with E-state index in [-0.39, 0.29) is 6.61 Å². The molecular formula is C17H19Cl2N5O2. The highest BCUT2D eigenvalue weighted by molar-refractivity contribution is 6.35. The van der Waals surface area contributed by atoms with Gasteiger partial charge in [0.25, 0.3) is 0 Å². The molecule has 1 aliphatic rings. The Labute approximate surface area is 161 Å². The molecule has 1 aliphatic heterocycles. The number of nitrogens with zero attached hydrogens (tertiary/aromatic N) is 4. The summed E-state index contributed by atoms with van der Waals surface area (Å²) in [5, 5.41) is 1.11. The second kappa shape index (κ2) is 8.42. The van der Waals surface area contributed by atoms with Crippen LogP contribution in [0, 0.1) is 0 Å². The van der Waals surface area contributed by atoms with E-state index in [9.17, 15) is 4.79 Å². The van der Waals surface area contributed by atoms with Crippen molar-refractivity contribution in [2.24, 2.45) is 5.73 Å². The van der Waals surface area contributed by atoms with E-state index in [0.29, 0.717) is 41.4 Å². The van der Waals surface area contributed by atoms with Crippen LogP contribution in [-0.4, -0.2) is 47.1 Å². The number of rotatable bonds is 4. The van der Waals surface area contributed by atoms with Crippen molar-refractivity contribution in [2.45, 2.75) is 13.0 Å².